The van der Waals surface area contributed by atoms with Crippen LogP contribution in [0.5, 0.6) is 0 Å². The quantitative estimate of drug-likeness (QED) is 0.885. The Labute approximate surface area is 116 Å². The van der Waals surface area contributed by atoms with Gasteiger partial charge in [0.2, 0.25) is 0 Å². The molecule has 1 fully saturated rings. The van der Waals surface area contributed by atoms with Gasteiger partial charge in [-0.1, -0.05) is 12.8 Å². The van der Waals surface area contributed by atoms with Crippen molar-refractivity contribution in [2.45, 2.75) is 38.6 Å². The number of fused-ring (bicyclic) bond motifs is 1. The van der Waals surface area contributed by atoms with Gasteiger partial charge in [-0.3, -0.25) is 4.79 Å². The zero-order valence-corrected chi connectivity index (χ0v) is 11.7. The van der Waals surface area contributed by atoms with Crippen LogP contribution in [0.3, 0.4) is 0 Å². The van der Waals surface area contributed by atoms with Crippen molar-refractivity contribution < 1.29 is 4.79 Å². The third-order valence-electron chi connectivity index (χ3n) is 3.63. The molecule has 0 saturated heterocycles. The van der Waals surface area contributed by atoms with Crippen LogP contribution in [-0.2, 0) is 0 Å². The molecule has 2 heterocycles. The van der Waals surface area contributed by atoms with E-state index < -0.39 is 0 Å². The number of anilines is 1. The summed E-state index contributed by atoms with van der Waals surface area (Å²) >= 11 is 1.38. The van der Waals surface area contributed by atoms with E-state index in [1.54, 1.807) is 0 Å². The molecule has 100 valence electrons. The van der Waals surface area contributed by atoms with Crippen LogP contribution in [0.1, 0.15) is 41.0 Å². The predicted octanol–water partition coefficient (Wildman–Crippen LogP) is 2.86. The summed E-state index contributed by atoms with van der Waals surface area (Å²) < 4.78 is 0. The molecule has 2 aromatic heterocycles. The number of nitrogen functional groups attached to an aromatic ring is 1. The van der Waals surface area contributed by atoms with Gasteiger partial charge in [-0.2, -0.15) is 0 Å². The third kappa shape index (κ3) is 2.30. The molecule has 0 unspecified atom stereocenters. The van der Waals surface area contributed by atoms with Gasteiger partial charge in [0.25, 0.3) is 5.91 Å². The molecule has 0 bridgehead atoms. The van der Waals surface area contributed by atoms with Gasteiger partial charge < -0.3 is 11.1 Å². The first-order valence-corrected chi connectivity index (χ1v) is 7.43. The second-order valence-electron chi connectivity index (χ2n) is 5.11. The maximum Gasteiger partial charge on any atom is 0.263 e. The summed E-state index contributed by atoms with van der Waals surface area (Å²) in [5, 5.41) is 3.96. The average Bonchev–Trinajstić information content (AvgIpc) is 2.97. The Morgan fingerprint density at radius 1 is 1.42 bits per heavy atom. The number of hydrogen-bond acceptors (Lipinski definition) is 4. The van der Waals surface area contributed by atoms with E-state index in [4.69, 9.17) is 5.73 Å². The molecule has 0 spiro atoms. The predicted molar refractivity (Wildman–Crippen MR) is 78.5 cm³/mol. The van der Waals surface area contributed by atoms with Gasteiger partial charge >= 0.3 is 0 Å². The Kier molecular flexibility index (Phi) is 3.14. The number of aromatic nitrogens is 1. The van der Waals surface area contributed by atoms with E-state index in [1.807, 2.05) is 19.1 Å². The molecule has 2 aromatic rings. The van der Waals surface area contributed by atoms with Crippen LogP contribution >= 0.6 is 11.3 Å². The van der Waals surface area contributed by atoms with Crippen molar-refractivity contribution in [3.63, 3.8) is 0 Å². The highest BCUT2D eigenvalue weighted by molar-refractivity contribution is 7.21. The number of rotatable bonds is 2. The molecule has 1 saturated carbocycles. The second-order valence-corrected chi connectivity index (χ2v) is 6.10. The molecule has 1 amide bonds. The zero-order valence-electron chi connectivity index (χ0n) is 10.9. The van der Waals surface area contributed by atoms with Gasteiger partial charge in [-0.15, -0.1) is 11.3 Å². The Balaban J connectivity index is 1.91. The van der Waals surface area contributed by atoms with Crippen LogP contribution in [0, 0.1) is 6.92 Å². The van der Waals surface area contributed by atoms with E-state index in [0.29, 0.717) is 16.6 Å². The van der Waals surface area contributed by atoms with Crippen molar-refractivity contribution in [1.29, 1.82) is 0 Å². The zero-order chi connectivity index (χ0) is 13.4. The first-order valence-electron chi connectivity index (χ1n) is 6.61. The van der Waals surface area contributed by atoms with Gasteiger partial charge in [-0.25, -0.2) is 4.98 Å². The summed E-state index contributed by atoms with van der Waals surface area (Å²) in [5.74, 6) is -0.0509. The van der Waals surface area contributed by atoms with Crippen molar-refractivity contribution in [1.82, 2.24) is 10.3 Å². The summed E-state index contributed by atoms with van der Waals surface area (Å²) in [6, 6.07) is 4.17. The molecule has 3 rings (SSSR count). The molecule has 3 N–H and O–H groups in total. The monoisotopic (exact) mass is 275 g/mol. The van der Waals surface area contributed by atoms with Crippen LogP contribution in [-0.4, -0.2) is 16.9 Å². The molecule has 1 aliphatic rings. The summed E-state index contributed by atoms with van der Waals surface area (Å²) in [5.41, 5.74) is 7.57. The lowest BCUT2D eigenvalue weighted by Crippen LogP contribution is -2.32. The summed E-state index contributed by atoms with van der Waals surface area (Å²) in [7, 11) is 0. The fourth-order valence-corrected chi connectivity index (χ4v) is 3.62. The Morgan fingerprint density at radius 3 is 2.89 bits per heavy atom. The highest BCUT2D eigenvalue weighted by Crippen LogP contribution is 2.32. The Bertz CT molecular complexity index is 629. The highest BCUT2D eigenvalue weighted by Gasteiger charge is 2.22. The number of carbonyl (C=O) groups is 1. The SMILES string of the molecule is Cc1ccc2c(N)c(C(=O)NC3CCCC3)sc2n1. The molecule has 1 aliphatic carbocycles. The molecule has 0 aliphatic heterocycles. The van der Waals surface area contributed by atoms with E-state index in [9.17, 15) is 4.79 Å². The third-order valence-corrected chi connectivity index (χ3v) is 4.74. The van der Waals surface area contributed by atoms with E-state index in [2.05, 4.69) is 10.3 Å². The van der Waals surface area contributed by atoms with Crippen molar-refractivity contribution in [3.05, 3.63) is 22.7 Å². The number of amides is 1. The first kappa shape index (κ1) is 12.4. The van der Waals surface area contributed by atoms with Crippen molar-refractivity contribution in [2.75, 3.05) is 5.73 Å². The van der Waals surface area contributed by atoms with E-state index in [0.717, 1.165) is 28.8 Å². The first-order chi connectivity index (χ1) is 9.15. The average molecular weight is 275 g/mol. The van der Waals surface area contributed by atoms with Crippen molar-refractivity contribution >= 4 is 33.1 Å². The van der Waals surface area contributed by atoms with Crippen LogP contribution in [0.15, 0.2) is 12.1 Å². The van der Waals surface area contributed by atoms with Crippen LogP contribution in [0.2, 0.25) is 0 Å². The smallest absolute Gasteiger partial charge is 0.263 e. The maximum absolute atomic E-state index is 12.3. The number of nitrogens with zero attached hydrogens (tertiary/aromatic N) is 1. The number of nitrogens with two attached hydrogens (primary N) is 1. The number of thiophene rings is 1. The number of hydrogen-bond donors (Lipinski definition) is 2. The van der Waals surface area contributed by atoms with E-state index >= 15 is 0 Å². The summed E-state index contributed by atoms with van der Waals surface area (Å²) in [6.07, 6.45) is 4.56. The molecule has 4 nitrogen and oxygen atoms in total. The highest BCUT2D eigenvalue weighted by atomic mass is 32.1. The number of nitrogens with one attached hydrogen (secondary N) is 1. The molecule has 0 aromatic carbocycles. The van der Waals surface area contributed by atoms with E-state index in [-0.39, 0.29) is 5.91 Å². The second kappa shape index (κ2) is 4.81. The topological polar surface area (TPSA) is 68.0 Å². The minimum atomic E-state index is -0.0509. The van der Waals surface area contributed by atoms with Gasteiger partial charge in [0, 0.05) is 17.1 Å². The van der Waals surface area contributed by atoms with Gasteiger partial charge in [0.05, 0.1) is 5.69 Å². The fraction of sp³-hybridized carbons (Fsp3) is 0.429. The number of pyridine rings is 1. The van der Waals surface area contributed by atoms with E-state index in [1.165, 1.54) is 24.2 Å². The van der Waals surface area contributed by atoms with Gasteiger partial charge in [-0.05, 0) is 31.9 Å². The van der Waals surface area contributed by atoms with Crippen molar-refractivity contribution in [3.8, 4) is 0 Å². The van der Waals surface area contributed by atoms with Gasteiger partial charge in [0.15, 0.2) is 0 Å². The molecular weight excluding hydrogens is 258 g/mol. The number of carbonyl (C=O) groups excluding carboxylic acids is 1. The van der Waals surface area contributed by atoms with Crippen LogP contribution in [0.25, 0.3) is 10.2 Å². The van der Waals surface area contributed by atoms with Crippen LogP contribution < -0.4 is 11.1 Å². The minimum absolute atomic E-state index is 0.0509. The molecule has 0 radical (unpaired) electrons. The molecule has 0 atom stereocenters. The van der Waals surface area contributed by atoms with Crippen LogP contribution in [0.4, 0.5) is 5.69 Å². The fourth-order valence-electron chi connectivity index (χ4n) is 2.58. The normalized spacial score (nSPS) is 16.1. The molecule has 19 heavy (non-hydrogen) atoms. The van der Waals surface area contributed by atoms with Crippen molar-refractivity contribution in [2.24, 2.45) is 0 Å². The Morgan fingerprint density at radius 2 is 2.16 bits per heavy atom. The largest absolute Gasteiger partial charge is 0.397 e. The lowest BCUT2D eigenvalue weighted by atomic mass is 10.2. The number of aryl methyl sites for hydroxylation is 1. The standard InChI is InChI=1S/C14H17N3OS/c1-8-6-7-10-11(15)12(19-14(10)16-8)13(18)17-9-4-2-3-5-9/h6-7,9H,2-5,15H2,1H3,(H,17,18). The summed E-state index contributed by atoms with van der Waals surface area (Å²) in [6.45, 7) is 1.94. The Hall–Kier alpha value is -1.62. The van der Waals surface area contributed by atoms with Gasteiger partial charge in [0.1, 0.15) is 9.71 Å². The molecule has 5 heteroatoms. The lowest BCUT2D eigenvalue weighted by molar-refractivity contribution is 0.0943. The lowest BCUT2D eigenvalue weighted by Gasteiger charge is -2.10. The maximum atomic E-state index is 12.3. The minimum Gasteiger partial charge on any atom is -0.397 e. The molecular formula is C14H17N3OS. The summed E-state index contributed by atoms with van der Waals surface area (Å²) in [4.78, 5) is 18.1.